The van der Waals surface area contributed by atoms with Crippen LogP contribution in [0, 0.1) is 6.92 Å². The van der Waals surface area contributed by atoms with Crippen LogP contribution in [0.2, 0.25) is 0 Å². The predicted molar refractivity (Wildman–Crippen MR) is 68.7 cm³/mol. The monoisotopic (exact) mass is 251 g/mol. The van der Waals surface area contributed by atoms with Gasteiger partial charge in [-0.25, -0.2) is 4.99 Å². The molecule has 0 spiro atoms. The maximum absolute atomic E-state index is 11.5. The minimum atomic E-state index is -0.119. The highest BCUT2D eigenvalue weighted by Crippen LogP contribution is 2.30. The molecule has 90 valence electrons. The maximum Gasteiger partial charge on any atom is 0.249 e. The molecular formula is C12H14ClN3O. The quantitative estimate of drug-likeness (QED) is 0.763. The normalized spacial score (nSPS) is 21.1. The second kappa shape index (κ2) is 4.04. The fourth-order valence-electron chi connectivity index (χ4n) is 2.20. The molecule has 1 amide bonds. The zero-order chi connectivity index (χ0) is 11.3. The SMILES string of the molecule is Cc1cccc2c1CN1C(=N2)NC(=O)[C@H]1C.Cl. The van der Waals surface area contributed by atoms with E-state index in [0.29, 0.717) is 5.96 Å². The molecular weight excluding hydrogens is 238 g/mol. The lowest BCUT2D eigenvalue weighted by Crippen LogP contribution is -2.35. The lowest BCUT2D eigenvalue weighted by Gasteiger charge is -2.27. The summed E-state index contributed by atoms with van der Waals surface area (Å²) in [4.78, 5) is 18.0. The zero-order valence-corrected chi connectivity index (χ0v) is 10.5. The number of fused-ring (bicyclic) bond motifs is 2. The number of halogens is 1. The van der Waals surface area contributed by atoms with Crippen molar-refractivity contribution in [1.82, 2.24) is 10.2 Å². The number of rotatable bonds is 0. The molecule has 2 aliphatic heterocycles. The highest BCUT2D eigenvalue weighted by Gasteiger charge is 2.36. The van der Waals surface area contributed by atoms with Gasteiger partial charge in [0.2, 0.25) is 11.9 Å². The van der Waals surface area contributed by atoms with E-state index in [0.717, 1.165) is 12.2 Å². The molecule has 1 saturated heterocycles. The van der Waals surface area contributed by atoms with Gasteiger partial charge >= 0.3 is 0 Å². The molecule has 0 radical (unpaired) electrons. The Bertz CT molecular complexity index is 512. The van der Waals surface area contributed by atoms with Crippen LogP contribution in [0.25, 0.3) is 0 Å². The smallest absolute Gasteiger partial charge is 0.249 e. The highest BCUT2D eigenvalue weighted by molar-refractivity contribution is 6.07. The van der Waals surface area contributed by atoms with E-state index in [-0.39, 0.29) is 24.4 Å². The van der Waals surface area contributed by atoms with Crippen LogP contribution in [0.5, 0.6) is 0 Å². The molecule has 1 aromatic rings. The van der Waals surface area contributed by atoms with Gasteiger partial charge in [-0.1, -0.05) is 12.1 Å². The molecule has 1 aromatic carbocycles. The van der Waals surface area contributed by atoms with Gasteiger partial charge in [0, 0.05) is 12.1 Å². The highest BCUT2D eigenvalue weighted by atomic mass is 35.5. The van der Waals surface area contributed by atoms with E-state index in [1.54, 1.807) is 0 Å². The Morgan fingerprint density at radius 1 is 1.47 bits per heavy atom. The molecule has 2 aliphatic rings. The Kier molecular flexibility index (Phi) is 2.83. The summed E-state index contributed by atoms with van der Waals surface area (Å²) in [5.74, 6) is 0.722. The van der Waals surface area contributed by atoms with Crippen molar-refractivity contribution in [3.8, 4) is 0 Å². The molecule has 1 N–H and O–H groups in total. The van der Waals surface area contributed by atoms with Crippen molar-refractivity contribution in [1.29, 1.82) is 0 Å². The van der Waals surface area contributed by atoms with Crippen molar-refractivity contribution in [2.24, 2.45) is 4.99 Å². The van der Waals surface area contributed by atoms with E-state index in [2.05, 4.69) is 23.3 Å². The van der Waals surface area contributed by atoms with Crippen LogP contribution in [-0.4, -0.2) is 22.8 Å². The molecule has 4 nitrogen and oxygen atoms in total. The van der Waals surface area contributed by atoms with E-state index in [1.807, 2.05) is 24.0 Å². The number of aliphatic imine (C=N–C) groups is 1. The van der Waals surface area contributed by atoms with Crippen LogP contribution in [0.4, 0.5) is 5.69 Å². The standard InChI is InChI=1S/C12H13N3O.ClH/c1-7-4-3-5-10-9(7)6-15-8(2)11(16)14-12(15)13-10;/h3-5,8H,6H2,1-2H3,(H,13,14,16);1H/t8-;/m1./s1. The first-order valence-corrected chi connectivity index (χ1v) is 5.41. The van der Waals surface area contributed by atoms with Crippen LogP contribution in [-0.2, 0) is 11.3 Å². The average Bonchev–Trinajstić information content (AvgIpc) is 2.53. The Morgan fingerprint density at radius 3 is 3.00 bits per heavy atom. The van der Waals surface area contributed by atoms with Crippen molar-refractivity contribution in [3.63, 3.8) is 0 Å². The molecule has 0 saturated carbocycles. The van der Waals surface area contributed by atoms with Crippen molar-refractivity contribution >= 4 is 30.0 Å². The molecule has 0 aromatic heterocycles. The molecule has 5 heteroatoms. The summed E-state index contributed by atoms with van der Waals surface area (Å²) < 4.78 is 0. The summed E-state index contributed by atoms with van der Waals surface area (Å²) in [6, 6.07) is 5.94. The van der Waals surface area contributed by atoms with Crippen LogP contribution in [0.15, 0.2) is 23.2 Å². The van der Waals surface area contributed by atoms with Gasteiger partial charge in [-0.05, 0) is 25.5 Å². The van der Waals surface area contributed by atoms with Crippen molar-refractivity contribution < 1.29 is 4.79 Å². The van der Waals surface area contributed by atoms with Gasteiger partial charge in [0.05, 0.1) is 5.69 Å². The largest absolute Gasteiger partial charge is 0.326 e. The number of carbonyl (C=O) groups is 1. The zero-order valence-electron chi connectivity index (χ0n) is 9.73. The van der Waals surface area contributed by atoms with Crippen LogP contribution in [0.3, 0.4) is 0 Å². The van der Waals surface area contributed by atoms with Gasteiger partial charge in [0.25, 0.3) is 0 Å². The third-order valence-corrected chi connectivity index (χ3v) is 3.29. The minimum Gasteiger partial charge on any atom is -0.326 e. The van der Waals surface area contributed by atoms with Gasteiger partial charge in [-0.2, -0.15) is 0 Å². The molecule has 0 aliphatic carbocycles. The second-order valence-electron chi connectivity index (χ2n) is 4.30. The number of benzene rings is 1. The molecule has 17 heavy (non-hydrogen) atoms. The fraction of sp³-hybridized carbons (Fsp3) is 0.333. The third kappa shape index (κ3) is 1.69. The van der Waals surface area contributed by atoms with Crippen LogP contribution < -0.4 is 5.32 Å². The van der Waals surface area contributed by atoms with Gasteiger partial charge in [-0.15, -0.1) is 12.4 Å². The van der Waals surface area contributed by atoms with E-state index < -0.39 is 0 Å². The Morgan fingerprint density at radius 2 is 2.24 bits per heavy atom. The molecule has 1 atom stereocenters. The van der Waals surface area contributed by atoms with E-state index in [1.165, 1.54) is 11.1 Å². The lowest BCUT2D eigenvalue weighted by molar-refractivity contribution is -0.121. The number of aryl methyl sites for hydroxylation is 1. The Balaban J connectivity index is 0.00000108. The average molecular weight is 252 g/mol. The number of hydrogen-bond acceptors (Lipinski definition) is 3. The van der Waals surface area contributed by atoms with Gasteiger partial charge < -0.3 is 4.90 Å². The van der Waals surface area contributed by atoms with E-state index in [4.69, 9.17) is 0 Å². The Hall–Kier alpha value is -1.55. The number of guanidine groups is 1. The van der Waals surface area contributed by atoms with Gasteiger partial charge in [-0.3, -0.25) is 10.1 Å². The fourth-order valence-corrected chi connectivity index (χ4v) is 2.20. The summed E-state index contributed by atoms with van der Waals surface area (Å²) in [6.45, 7) is 4.75. The van der Waals surface area contributed by atoms with Gasteiger partial charge in [0.1, 0.15) is 6.04 Å². The summed E-state index contributed by atoms with van der Waals surface area (Å²) in [5.41, 5.74) is 3.42. The number of carbonyl (C=O) groups excluding carboxylic acids is 1. The number of nitrogens with zero attached hydrogens (tertiary/aromatic N) is 2. The number of nitrogens with one attached hydrogen (secondary N) is 1. The third-order valence-electron chi connectivity index (χ3n) is 3.29. The van der Waals surface area contributed by atoms with Crippen LogP contribution in [0.1, 0.15) is 18.1 Å². The van der Waals surface area contributed by atoms with Crippen molar-refractivity contribution in [2.45, 2.75) is 26.4 Å². The summed E-state index contributed by atoms with van der Waals surface area (Å²) >= 11 is 0. The maximum atomic E-state index is 11.5. The summed E-state index contributed by atoms with van der Waals surface area (Å²) in [5, 5.41) is 2.80. The summed E-state index contributed by atoms with van der Waals surface area (Å²) in [7, 11) is 0. The van der Waals surface area contributed by atoms with Crippen molar-refractivity contribution in [3.05, 3.63) is 29.3 Å². The molecule has 1 fully saturated rings. The van der Waals surface area contributed by atoms with E-state index in [9.17, 15) is 4.79 Å². The topological polar surface area (TPSA) is 44.7 Å². The number of hydrogen-bond donors (Lipinski definition) is 1. The van der Waals surface area contributed by atoms with Crippen LogP contribution >= 0.6 is 12.4 Å². The second-order valence-corrected chi connectivity index (χ2v) is 4.30. The first-order chi connectivity index (χ1) is 7.66. The Labute approximate surface area is 106 Å². The molecule has 2 heterocycles. The first kappa shape index (κ1) is 11.9. The molecule has 3 rings (SSSR count). The van der Waals surface area contributed by atoms with Gasteiger partial charge in [0.15, 0.2) is 0 Å². The lowest BCUT2D eigenvalue weighted by atomic mass is 10.0. The van der Waals surface area contributed by atoms with E-state index >= 15 is 0 Å². The number of amides is 1. The minimum absolute atomic E-state index is 0. The summed E-state index contributed by atoms with van der Waals surface area (Å²) in [6.07, 6.45) is 0. The predicted octanol–water partition coefficient (Wildman–Crippen LogP) is 1.74. The molecule has 0 unspecified atom stereocenters. The molecule has 0 bridgehead atoms. The van der Waals surface area contributed by atoms with Crippen molar-refractivity contribution in [2.75, 3.05) is 0 Å². The first-order valence-electron chi connectivity index (χ1n) is 5.41.